The molecule has 1 fully saturated rings. The maximum absolute atomic E-state index is 12.7. The van der Waals surface area contributed by atoms with E-state index in [0.29, 0.717) is 49.1 Å². The summed E-state index contributed by atoms with van der Waals surface area (Å²) < 4.78 is 43.3. The van der Waals surface area contributed by atoms with E-state index in [1.807, 2.05) is 13.8 Å². The Balaban J connectivity index is 1.52. The smallest absolute Gasteiger partial charge is 0.416 e. The highest BCUT2D eigenvalue weighted by atomic mass is 32.1. The minimum absolute atomic E-state index is 0.0977. The number of ether oxygens (including phenoxy) is 1. The fourth-order valence-electron chi connectivity index (χ4n) is 3.06. The average Bonchev–Trinajstić information content (AvgIpc) is 3.20. The van der Waals surface area contributed by atoms with E-state index in [0.717, 1.165) is 12.1 Å². The number of hydrogen-bond donors (Lipinski definition) is 0. The molecule has 10 heteroatoms. The molecule has 0 unspecified atom stereocenters. The number of thiazole rings is 1. The number of rotatable bonds is 5. The van der Waals surface area contributed by atoms with Crippen molar-refractivity contribution < 1.29 is 27.5 Å². The summed E-state index contributed by atoms with van der Waals surface area (Å²) in [7, 11) is 0. The Bertz CT molecular complexity index is 905. The highest BCUT2D eigenvalue weighted by Gasteiger charge is 2.30. The van der Waals surface area contributed by atoms with Crippen molar-refractivity contribution in [3.63, 3.8) is 0 Å². The van der Waals surface area contributed by atoms with Gasteiger partial charge in [-0.25, -0.2) is 9.78 Å². The lowest BCUT2D eigenvalue weighted by Crippen LogP contribution is -2.51. The molecule has 1 aliphatic rings. The minimum atomic E-state index is -4.38. The molecule has 1 aromatic heterocycles. The summed E-state index contributed by atoms with van der Waals surface area (Å²) in [6.45, 7) is 5.96. The lowest BCUT2D eigenvalue weighted by Gasteiger charge is -2.34. The summed E-state index contributed by atoms with van der Waals surface area (Å²) in [4.78, 5) is 32.3. The van der Waals surface area contributed by atoms with Gasteiger partial charge in [0.2, 0.25) is 5.91 Å². The van der Waals surface area contributed by atoms with Gasteiger partial charge in [0, 0.05) is 37.1 Å². The highest BCUT2D eigenvalue weighted by molar-refractivity contribution is 7.13. The Morgan fingerprint density at radius 3 is 2.29 bits per heavy atom. The van der Waals surface area contributed by atoms with Gasteiger partial charge in [-0.2, -0.15) is 13.2 Å². The molecule has 6 nitrogen and oxygen atoms in total. The molecule has 2 aromatic rings. The summed E-state index contributed by atoms with van der Waals surface area (Å²) in [6.07, 6.45) is -4.63. The third-order valence-corrected chi connectivity index (χ3v) is 5.71. The quantitative estimate of drug-likeness (QED) is 0.674. The van der Waals surface area contributed by atoms with Gasteiger partial charge in [0.1, 0.15) is 5.01 Å². The topological polar surface area (TPSA) is 62.7 Å². The normalized spacial score (nSPS) is 14.8. The van der Waals surface area contributed by atoms with Crippen LogP contribution in [0, 0.1) is 5.92 Å². The van der Waals surface area contributed by atoms with Gasteiger partial charge in [-0.15, -0.1) is 11.3 Å². The Kier molecular flexibility index (Phi) is 7.19. The molecule has 0 N–H and O–H groups in total. The fourth-order valence-corrected chi connectivity index (χ4v) is 3.88. The van der Waals surface area contributed by atoms with E-state index in [4.69, 9.17) is 4.74 Å². The van der Waals surface area contributed by atoms with Gasteiger partial charge in [0.05, 0.1) is 24.3 Å². The molecule has 3 rings (SSSR count). The largest absolute Gasteiger partial charge is 0.449 e. The minimum Gasteiger partial charge on any atom is -0.449 e. The van der Waals surface area contributed by atoms with Crippen molar-refractivity contribution >= 4 is 23.3 Å². The molecule has 1 aromatic carbocycles. The number of alkyl halides is 3. The van der Waals surface area contributed by atoms with Gasteiger partial charge in [-0.3, -0.25) is 4.79 Å². The molecule has 0 aliphatic carbocycles. The second-order valence-corrected chi connectivity index (χ2v) is 8.59. The van der Waals surface area contributed by atoms with Crippen LogP contribution in [0.4, 0.5) is 18.0 Å². The number of carbonyl (C=O) groups excluding carboxylic acids is 2. The van der Waals surface area contributed by atoms with Crippen molar-refractivity contribution in [2.45, 2.75) is 26.4 Å². The van der Waals surface area contributed by atoms with E-state index in [1.54, 1.807) is 15.2 Å². The molecule has 0 radical (unpaired) electrons. The zero-order chi connectivity index (χ0) is 22.6. The van der Waals surface area contributed by atoms with Crippen LogP contribution >= 0.6 is 11.3 Å². The Morgan fingerprint density at radius 2 is 1.71 bits per heavy atom. The molecule has 0 bridgehead atoms. The average molecular weight is 456 g/mol. The van der Waals surface area contributed by atoms with E-state index in [2.05, 4.69) is 4.98 Å². The van der Waals surface area contributed by atoms with Crippen molar-refractivity contribution in [3.8, 4) is 10.6 Å². The second kappa shape index (κ2) is 9.67. The lowest BCUT2D eigenvalue weighted by molar-refractivity contribution is -0.137. The van der Waals surface area contributed by atoms with Gasteiger partial charge in [-0.05, 0) is 18.1 Å². The van der Waals surface area contributed by atoms with E-state index in [1.165, 1.54) is 23.5 Å². The van der Waals surface area contributed by atoms with Crippen LogP contribution in [0.1, 0.15) is 25.1 Å². The number of hydrogen-bond acceptors (Lipinski definition) is 5. The number of amides is 2. The molecule has 1 aliphatic heterocycles. The molecule has 2 amide bonds. The zero-order valence-electron chi connectivity index (χ0n) is 17.3. The first-order valence-electron chi connectivity index (χ1n) is 9.95. The van der Waals surface area contributed by atoms with Crippen molar-refractivity contribution in [3.05, 3.63) is 40.9 Å². The van der Waals surface area contributed by atoms with Crippen LogP contribution in [-0.2, 0) is 22.1 Å². The predicted molar refractivity (Wildman–Crippen MR) is 111 cm³/mol. The van der Waals surface area contributed by atoms with Crippen molar-refractivity contribution in [2.24, 2.45) is 5.92 Å². The molecule has 2 heterocycles. The molecule has 1 saturated heterocycles. The first-order chi connectivity index (χ1) is 14.6. The number of benzene rings is 1. The fraction of sp³-hybridized carbons (Fsp3) is 0.476. The lowest BCUT2D eigenvalue weighted by atomic mass is 10.1. The molecule has 0 spiro atoms. The molecule has 31 heavy (non-hydrogen) atoms. The number of halogens is 3. The van der Waals surface area contributed by atoms with Crippen LogP contribution in [0.25, 0.3) is 10.6 Å². The number of piperazine rings is 1. The third-order valence-electron chi connectivity index (χ3n) is 4.77. The number of nitrogens with zero attached hydrogens (tertiary/aromatic N) is 3. The summed E-state index contributed by atoms with van der Waals surface area (Å²) in [5.41, 5.74) is 0.435. The van der Waals surface area contributed by atoms with E-state index in [9.17, 15) is 22.8 Å². The molecular weight excluding hydrogens is 431 g/mol. The Hall–Kier alpha value is -2.62. The first kappa shape index (κ1) is 23.1. The summed E-state index contributed by atoms with van der Waals surface area (Å²) >= 11 is 1.28. The van der Waals surface area contributed by atoms with Crippen molar-refractivity contribution in [2.75, 3.05) is 32.8 Å². The summed E-state index contributed by atoms with van der Waals surface area (Å²) in [5, 5.41) is 2.30. The second-order valence-electron chi connectivity index (χ2n) is 7.73. The van der Waals surface area contributed by atoms with Gasteiger partial charge < -0.3 is 14.5 Å². The maximum atomic E-state index is 12.7. The standard InChI is InChI=1S/C21H24F3N3O3S/c1-14(2)12-30-20(29)27-9-7-26(8-10-27)18(28)11-17-13-31-19(25-17)15-3-5-16(6-4-15)21(22,23)24/h3-6,13-14H,7-12H2,1-2H3. The highest BCUT2D eigenvalue weighted by Crippen LogP contribution is 2.31. The van der Waals surface area contributed by atoms with Crippen LogP contribution in [0.2, 0.25) is 0 Å². The van der Waals surface area contributed by atoms with Crippen molar-refractivity contribution in [1.29, 1.82) is 0 Å². The van der Waals surface area contributed by atoms with E-state index >= 15 is 0 Å². The Labute approximate surface area is 182 Å². The van der Waals surface area contributed by atoms with Crippen LogP contribution in [-0.4, -0.2) is 59.6 Å². The first-order valence-corrected chi connectivity index (χ1v) is 10.8. The number of carbonyl (C=O) groups is 2. The number of aromatic nitrogens is 1. The molecular formula is C21H24F3N3O3S. The van der Waals surface area contributed by atoms with Crippen LogP contribution in [0.5, 0.6) is 0 Å². The van der Waals surface area contributed by atoms with Crippen LogP contribution < -0.4 is 0 Å². The molecule has 0 atom stereocenters. The predicted octanol–water partition coefficient (Wildman–Crippen LogP) is 4.31. The SMILES string of the molecule is CC(C)COC(=O)N1CCN(C(=O)Cc2csc(-c3ccc(C(F)(F)F)cc3)n2)CC1. The third kappa shape index (κ3) is 6.19. The molecule has 168 valence electrons. The summed E-state index contributed by atoms with van der Waals surface area (Å²) in [5.74, 6) is 0.164. The van der Waals surface area contributed by atoms with E-state index in [-0.39, 0.29) is 24.3 Å². The Morgan fingerprint density at radius 1 is 1.10 bits per heavy atom. The van der Waals surface area contributed by atoms with Gasteiger partial charge in [0.25, 0.3) is 0 Å². The van der Waals surface area contributed by atoms with Crippen LogP contribution in [0.3, 0.4) is 0 Å². The monoisotopic (exact) mass is 455 g/mol. The summed E-state index contributed by atoms with van der Waals surface area (Å²) in [6, 6.07) is 4.80. The maximum Gasteiger partial charge on any atom is 0.416 e. The molecule has 0 saturated carbocycles. The zero-order valence-corrected chi connectivity index (χ0v) is 18.1. The van der Waals surface area contributed by atoms with Gasteiger partial charge >= 0.3 is 12.3 Å². The van der Waals surface area contributed by atoms with Crippen molar-refractivity contribution in [1.82, 2.24) is 14.8 Å². The van der Waals surface area contributed by atoms with Crippen LogP contribution in [0.15, 0.2) is 29.6 Å². The van der Waals surface area contributed by atoms with Gasteiger partial charge in [0.15, 0.2) is 0 Å². The van der Waals surface area contributed by atoms with Gasteiger partial charge in [-0.1, -0.05) is 26.0 Å². The van der Waals surface area contributed by atoms with E-state index < -0.39 is 11.7 Å².